The zero-order chi connectivity index (χ0) is 8.43. The van der Waals surface area contributed by atoms with Gasteiger partial charge < -0.3 is 0 Å². The molecule has 0 fully saturated rings. The normalized spacial score (nSPS) is 9.73. The van der Waals surface area contributed by atoms with Gasteiger partial charge in [0.25, 0.3) is 0 Å². The first kappa shape index (κ1) is 8.28. The average molecular weight is 159 g/mol. The van der Waals surface area contributed by atoms with Gasteiger partial charge in [0.1, 0.15) is 0 Å². The van der Waals surface area contributed by atoms with Crippen molar-refractivity contribution in [2.24, 2.45) is 0 Å². The fraction of sp³-hybridized carbons (Fsp3) is 0.200. The van der Waals surface area contributed by atoms with Crippen molar-refractivity contribution in [3.8, 4) is 0 Å². The van der Waals surface area contributed by atoms with Gasteiger partial charge in [0.2, 0.25) is 0 Å². The molecule has 0 bridgehead atoms. The summed E-state index contributed by atoms with van der Waals surface area (Å²) in [5, 5.41) is 1.15. The van der Waals surface area contributed by atoms with Crippen LogP contribution in [0.25, 0.3) is 6.08 Å². The Bertz CT molecular complexity index is 287. The Morgan fingerprint density at radius 3 is 2.55 bits per heavy atom. The molecule has 55 valence electrons. The number of aryl methyl sites for hydroxylation is 1. The minimum atomic E-state index is 1.15. The van der Waals surface area contributed by atoms with Crippen LogP contribution in [0.3, 0.4) is 0 Å². The maximum atomic E-state index is 3.73. The third kappa shape index (κ3) is 1.43. The Morgan fingerprint density at radius 1 is 1.36 bits per heavy atom. The quantitative estimate of drug-likeness (QED) is 0.548. The highest BCUT2D eigenvalue weighted by Crippen LogP contribution is 2.06. The molecule has 0 nitrogen and oxygen atoms in total. The van der Waals surface area contributed by atoms with Crippen LogP contribution in [-0.2, 0) is 0 Å². The molecule has 0 heterocycles. The lowest BCUT2D eigenvalue weighted by Crippen LogP contribution is -2.12. The minimum absolute atomic E-state index is 1.15. The smallest absolute Gasteiger partial charge is 0.0724 e. The van der Waals surface area contributed by atoms with E-state index in [1.54, 1.807) is 0 Å². The Morgan fingerprint density at radius 2 is 2.00 bits per heavy atom. The van der Waals surface area contributed by atoms with Gasteiger partial charge in [-0.2, -0.15) is 0 Å². The summed E-state index contributed by atoms with van der Waals surface area (Å²) < 4.78 is 0. The molecule has 0 aliphatic heterocycles. The van der Waals surface area contributed by atoms with E-state index in [9.17, 15) is 0 Å². The van der Waals surface area contributed by atoms with Gasteiger partial charge in [-0.25, -0.2) is 0 Å². The molecule has 0 atom stereocenters. The van der Waals surface area contributed by atoms with Crippen molar-refractivity contribution in [3.63, 3.8) is 0 Å². The van der Waals surface area contributed by atoms with E-state index in [-0.39, 0.29) is 0 Å². The lowest BCUT2D eigenvalue weighted by atomic mass is 10.1. The molecule has 1 rings (SSSR count). The summed E-state index contributed by atoms with van der Waals surface area (Å²) in [6.07, 6.45) is 1.86. The van der Waals surface area contributed by atoms with E-state index < -0.39 is 0 Å². The summed E-state index contributed by atoms with van der Waals surface area (Å²) in [5.41, 5.74) is 3.75. The Balaban J connectivity index is 3.36. The van der Waals surface area contributed by atoms with Crippen LogP contribution in [0.15, 0.2) is 18.7 Å². The Kier molecular flexibility index (Phi) is 2.30. The molecule has 11 heavy (non-hydrogen) atoms. The second-order valence-corrected chi connectivity index (χ2v) is 3.18. The summed E-state index contributed by atoms with van der Waals surface area (Å²) in [6.45, 7) is 7.94. The third-order valence-electron chi connectivity index (χ3n) is 1.99. The fourth-order valence-electron chi connectivity index (χ4n) is 1.01. The first-order chi connectivity index (χ1) is 5.16. The lowest BCUT2D eigenvalue weighted by molar-refractivity contribution is 1.36. The Hall–Kier alpha value is -0.823. The summed E-state index contributed by atoms with van der Waals surface area (Å²) in [5.74, 6) is 0. The van der Waals surface area contributed by atoms with E-state index in [0.29, 0.717) is 0 Å². The first-order valence-corrected chi connectivity index (χ1v) is 4.11. The van der Waals surface area contributed by atoms with E-state index >= 15 is 0 Å². The topological polar surface area (TPSA) is 0 Å². The van der Waals surface area contributed by atoms with Crippen molar-refractivity contribution in [2.75, 3.05) is 0 Å². The van der Waals surface area contributed by atoms with Gasteiger partial charge in [0.05, 0.1) is 10.2 Å². The van der Waals surface area contributed by atoms with Crippen LogP contribution in [0.4, 0.5) is 0 Å². The molecule has 0 aliphatic carbocycles. The molecular formula is C10H11Si. The molecule has 0 saturated carbocycles. The van der Waals surface area contributed by atoms with Crippen molar-refractivity contribution in [1.82, 2.24) is 0 Å². The predicted molar refractivity (Wildman–Crippen MR) is 51.4 cm³/mol. The SMILES string of the molecule is C=Cc1ccc(C)c(C)c1[Si]. The number of benzene rings is 1. The molecule has 0 unspecified atom stereocenters. The molecule has 1 heteroatoms. The molecule has 1 aromatic carbocycles. The molecule has 0 amide bonds. The summed E-state index contributed by atoms with van der Waals surface area (Å²) in [6, 6.07) is 4.17. The zero-order valence-electron chi connectivity index (χ0n) is 6.94. The van der Waals surface area contributed by atoms with E-state index in [0.717, 1.165) is 10.8 Å². The molecule has 0 N–H and O–H groups in total. The van der Waals surface area contributed by atoms with Crippen LogP contribution >= 0.6 is 0 Å². The van der Waals surface area contributed by atoms with Gasteiger partial charge >= 0.3 is 0 Å². The maximum Gasteiger partial charge on any atom is 0.0724 e. The van der Waals surface area contributed by atoms with Crippen molar-refractivity contribution < 1.29 is 0 Å². The van der Waals surface area contributed by atoms with Crippen LogP contribution in [-0.4, -0.2) is 10.2 Å². The van der Waals surface area contributed by atoms with Crippen LogP contribution in [0.2, 0.25) is 0 Å². The van der Waals surface area contributed by atoms with E-state index in [2.05, 4.69) is 42.8 Å². The van der Waals surface area contributed by atoms with E-state index in [4.69, 9.17) is 0 Å². The standard InChI is InChI=1S/C10H11Si/c1-4-9-6-5-7(2)8(3)10(9)11/h4-6H,1H2,2-3H3. The maximum absolute atomic E-state index is 3.73. The number of hydrogen-bond acceptors (Lipinski definition) is 0. The Labute approximate surface area is 71.4 Å². The second-order valence-electron chi connectivity index (χ2n) is 2.68. The van der Waals surface area contributed by atoms with Crippen molar-refractivity contribution in [3.05, 3.63) is 35.4 Å². The highest BCUT2D eigenvalue weighted by Gasteiger charge is 1.99. The fourth-order valence-corrected chi connectivity index (χ4v) is 1.39. The van der Waals surface area contributed by atoms with E-state index in [1.165, 1.54) is 11.1 Å². The predicted octanol–water partition coefficient (Wildman–Crippen LogP) is 1.74. The largest absolute Gasteiger partial charge is 0.0985 e. The van der Waals surface area contributed by atoms with Crippen LogP contribution in [0.1, 0.15) is 16.7 Å². The first-order valence-electron chi connectivity index (χ1n) is 3.61. The second kappa shape index (κ2) is 3.05. The van der Waals surface area contributed by atoms with Gasteiger partial charge in [-0.3, -0.25) is 0 Å². The van der Waals surface area contributed by atoms with Gasteiger partial charge in [0.15, 0.2) is 0 Å². The van der Waals surface area contributed by atoms with Gasteiger partial charge in [-0.15, -0.1) is 0 Å². The average Bonchev–Trinajstić information content (AvgIpc) is 2.01. The molecule has 3 radical (unpaired) electrons. The lowest BCUT2D eigenvalue weighted by Gasteiger charge is -2.06. The number of rotatable bonds is 1. The highest BCUT2D eigenvalue weighted by molar-refractivity contribution is 6.35. The molecule has 0 aromatic heterocycles. The van der Waals surface area contributed by atoms with Crippen molar-refractivity contribution in [2.45, 2.75) is 13.8 Å². The summed E-state index contributed by atoms with van der Waals surface area (Å²) in [4.78, 5) is 0. The van der Waals surface area contributed by atoms with Crippen molar-refractivity contribution in [1.29, 1.82) is 0 Å². The number of hydrogen-bond donors (Lipinski definition) is 0. The minimum Gasteiger partial charge on any atom is -0.0985 e. The van der Waals surface area contributed by atoms with E-state index in [1.807, 2.05) is 6.08 Å². The van der Waals surface area contributed by atoms with Crippen LogP contribution in [0.5, 0.6) is 0 Å². The monoisotopic (exact) mass is 159 g/mol. The summed E-state index contributed by atoms with van der Waals surface area (Å²) >= 11 is 0. The van der Waals surface area contributed by atoms with Crippen molar-refractivity contribution >= 4 is 21.5 Å². The molecule has 0 saturated heterocycles. The summed E-state index contributed by atoms with van der Waals surface area (Å²) in [7, 11) is 3.57. The highest BCUT2D eigenvalue weighted by atomic mass is 28.1. The van der Waals surface area contributed by atoms with Gasteiger partial charge in [0, 0.05) is 0 Å². The molecule has 1 aromatic rings. The van der Waals surface area contributed by atoms with Crippen LogP contribution < -0.4 is 5.19 Å². The van der Waals surface area contributed by atoms with Crippen LogP contribution in [0, 0.1) is 13.8 Å². The molecule has 0 spiro atoms. The molecular weight excluding hydrogens is 148 g/mol. The van der Waals surface area contributed by atoms with Gasteiger partial charge in [-0.1, -0.05) is 30.0 Å². The molecule has 0 aliphatic rings. The zero-order valence-corrected chi connectivity index (χ0v) is 7.94. The third-order valence-corrected chi connectivity index (χ3v) is 2.65. The van der Waals surface area contributed by atoms with Gasteiger partial charge in [-0.05, 0) is 30.5 Å².